The minimum Gasteiger partial charge on any atom is -1.00 e. The van der Waals surface area contributed by atoms with E-state index in [0.29, 0.717) is 17.8 Å². The first kappa shape index (κ1) is 33.2. The van der Waals surface area contributed by atoms with Crippen LogP contribution in [0.1, 0.15) is 97.7 Å². The summed E-state index contributed by atoms with van der Waals surface area (Å²) in [7, 11) is 0. The molecule has 0 aliphatic carbocycles. The molecule has 3 aromatic rings. The van der Waals surface area contributed by atoms with Gasteiger partial charge in [0, 0.05) is 0 Å². The third kappa shape index (κ3) is 10.1. The number of unbranched alkanes of at least 4 members (excludes halogenated alkanes) is 3. The predicted octanol–water partition coefficient (Wildman–Crippen LogP) is 7.72. The van der Waals surface area contributed by atoms with Crippen LogP contribution in [0.3, 0.4) is 0 Å². The maximum Gasteiger partial charge on any atom is 1.00 e. The Morgan fingerprint density at radius 1 is 0.641 bits per heavy atom. The molecule has 3 rings (SSSR count). The van der Waals surface area contributed by atoms with Gasteiger partial charge in [0.1, 0.15) is 5.60 Å². The van der Waals surface area contributed by atoms with E-state index in [2.05, 4.69) is 138 Å². The minimum atomic E-state index is -0.685. The molecule has 0 radical (unpaired) electrons. The summed E-state index contributed by atoms with van der Waals surface area (Å²) in [4.78, 5) is 0. The van der Waals surface area contributed by atoms with Gasteiger partial charge in [0.25, 0.3) is 0 Å². The molecule has 0 saturated heterocycles. The van der Waals surface area contributed by atoms with Gasteiger partial charge in [-0.25, -0.2) is 0 Å². The van der Waals surface area contributed by atoms with Crippen molar-refractivity contribution < 1.29 is 25.0 Å². The molecule has 2 heteroatoms. The fraction of sp³-hybridized carbons (Fsp3) is 0.459. The SMILES string of the molecule is CCCCCCC(/C=C/C(CC(C)C)CC(C)C)OC(c1ccccc1)(c1ccccc1)c1ccccc1.[H-].[Li+]. The van der Waals surface area contributed by atoms with Gasteiger partial charge in [-0.05, 0) is 53.7 Å². The number of allylic oxidation sites excluding steroid dienone is 1. The average molecular weight is 519 g/mol. The molecule has 0 aromatic heterocycles. The van der Waals surface area contributed by atoms with Crippen LogP contribution in [-0.4, -0.2) is 6.10 Å². The summed E-state index contributed by atoms with van der Waals surface area (Å²) in [5.41, 5.74) is 2.83. The van der Waals surface area contributed by atoms with Gasteiger partial charge in [0.2, 0.25) is 0 Å². The Hall–Kier alpha value is -2.04. The molecule has 1 unspecified atom stereocenters. The van der Waals surface area contributed by atoms with Crippen LogP contribution in [0.4, 0.5) is 0 Å². The molecule has 206 valence electrons. The molecule has 0 N–H and O–H groups in total. The quantitative estimate of drug-likeness (QED) is 0.0816. The number of ether oxygens (including phenoxy) is 1. The second-order valence-electron chi connectivity index (χ2n) is 11.7. The summed E-state index contributed by atoms with van der Waals surface area (Å²) in [6.07, 6.45) is 13.3. The zero-order chi connectivity index (χ0) is 27.2. The van der Waals surface area contributed by atoms with Crippen molar-refractivity contribution in [2.24, 2.45) is 17.8 Å². The van der Waals surface area contributed by atoms with E-state index in [4.69, 9.17) is 4.74 Å². The van der Waals surface area contributed by atoms with E-state index >= 15 is 0 Å². The third-order valence-electron chi connectivity index (χ3n) is 7.36. The predicted molar refractivity (Wildman–Crippen MR) is 165 cm³/mol. The number of hydrogen-bond acceptors (Lipinski definition) is 1. The van der Waals surface area contributed by atoms with Gasteiger partial charge in [0.05, 0.1) is 6.10 Å². The summed E-state index contributed by atoms with van der Waals surface area (Å²) in [6.45, 7) is 11.6. The van der Waals surface area contributed by atoms with Crippen molar-refractivity contribution >= 4 is 0 Å². The molecular weight excluding hydrogens is 467 g/mol. The molecule has 1 atom stereocenters. The van der Waals surface area contributed by atoms with Gasteiger partial charge in [-0.1, -0.05) is 163 Å². The van der Waals surface area contributed by atoms with Crippen LogP contribution in [-0.2, 0) is 10.3 Å². The number of benzene rings is 3. The largest absolute Gasteiger partial charge is 1.00 e. The molecule has 0 saturated carbocycles. The van der Waals surface area contributed by atoms with Crippen molar-refractivity contribution in [1.82, 2.24) is 0 Å². The van der Waals surface area contributed by atoms with Gasteiger partial charge in [-0.15, -0.1) is 0 Å². The van der Waals surface area contributed by atoms with E-state index in [0.717, 1.165) is 6.42 Å². The minimum absolute atomic E-state index is 0. The van der Waals surface area contributed by atoms with Crippen LogP contribution >= 0.6 is 0 Å². The second-order valence-corrected chi connectivity index (χ2v) is 11.7. The normalized spacial score (nSPS) is 12.8. The standard InChI is InChI=1S/C37H50O.Li.H/c1-6-7-8-18-25-36(27-26-32(28-30(2)3)29-31(4)5)38-37(33-19-12-9-13-20-33,34-21-14-10-15-22-34)35-23-16-11-17-24-35;;/h9-17,19-24,26-27,30-32,36H,6-8,18,25,28-29H2,1-5H3;;/q;+1;-1/b27-26+;;. The Morgan fingerprint density at radius 3 is 1.46 bits per heavy atom. The molecular formula is C37H51LiO. The van der Waals surface area contributed by atoms with Crippen LogP contribution in [0.2, 0.25) is 0 Å². The fourth-order valence-corrected chi connectivity index (χ4v) is 5.66. The summed E-state index contributed by atoms with van der Waals surface area (Å²) in [5.74, 6) is 1.95. The molecule has 0 bridgehead atoms. The molecule has 0 aliphatic rings. The molecule has 0 amide bonds. The monoisotopic (exact) mass is 518 g/mol. The number of rotatable bonds is 16. The summed E-state index contributed by atoms with van der Waals surface area (Å²) < 4.78 is 7.45. The van der Waals surface area contributed by atoms with Crippen LogP contribution in [0.15, 0.2) is 103 Å². The molecule has 0 aliphatic heterocycles. The van der Waals surface area contributed by atoms with Crippen molar-refractivity contribution in [1.29, 1.82) is 0 Å². The van der Waals surface area contributed by atoms with Gasteiger partial charge in [0.15, 0.2) is 0 Å². The maximum absolute atomic E-state index is 7.45. The first-order valence-corrected chi connectivity index (χ1v) is 15.0. The Morgan fingerprint density at radius 2 is 1.08 bits per heavy atom. The fourth-order valence-electron chi connectivity index (χ4n) is 5.66. The Labute approximate surface area is 253 Å². The van der Waals surface area contributed by atoms with E-state index < -0.39 is 5.60 Å². The Balaban J connectivity index is 0.00000400. The van der Waals surface area contributed by atoms with Crippen LogP contribution in [0, 0.1) is 17.8 Å². The van der Waals surface area contributed by atoms with E-state index in [1.54, 1.807) is 0 Å². The summed E-state index contributed by atoms with van der Waals surface area (Å²) in [5, 5.41) is 0. The molecule has 3 aromatic carbocycles. The smallest absolute Gasteiger partial charge is 1.00 e. The Bertz CT molecular complexity index is 943. The molecule has 39 heavy (non-hydrogen) atoms. The molecule has 0 spiro atoms. The van der Waals surface area contributed by atoms with Crippen LogP contribution < -0.4 is 18.9 Å². The van der Waals surface area contributed by atoms with Gasteiger partial charge >= 0.3 is 18.9 Å². The average Bonchev–Trinajstić information content (AvgIpc) is 2.93. The van der Waals surface area contributed by atoms with E-state index in [1.807, 2.05) is 0 Å². The van der Waals surface area contributed by atoms with E-state index in [-0.39, 0.29) is 26.4 Å². The summed E-state index contributed by atoms with van der Waals surface area (Å²) >= 11 is 0. The van der Waals surface area contributed by atoms with Gasteiger partial charge < -0.3 is 6.16 Å². The maximum atomic E-state index is 7.45. The van der Waals surface area contributed by atoms with Crippen molar-refractivity contribution in [3.63, 3.8) is 0 Å². The van der Waals surface area contributed by atoms with E-state index in [1.165, 1.54) is 55.2 Å². The van der Waals surface area contributed by atoms with E-state index in [9.17, 15) is 0 Å². The topological polar surface area (TPSA) is 9.23 Å². The Kier molecular flexibility index (Phi) is 15.0. The van der Waals surface area contributed by atoms with Crippen molar-refractivity contribution in [2.45, 2.75) is 91.3 Å². The first-order chi connectivity index (χ1) is 18.5. The van der Waals surface area contributed by atoms with Crippen molar-refractivity contribution in [3.05, 3.63) is 120 Å². The third-order valence-corrected chi connectivity index (χ3v) is 7.36. The molecule has 1 nitrogen and oxygen atoms in total. The van der Waals surface area contributed by atoms with Crippen LogP contribution in [0.5, 0.6) is 0 Å². The van der Waals surface area contributed by atoms with Crippen LogP contribution in [0.25, 0.3) is 0 Å². The zero-order valence-corrected chi connectivity index (χ0v) is 25.5. The van der Waals surface area contributed by atoms with Crippen molar-refractivity contribution in [3.8, 4) is 0 Å². The number of hydrogen-bond donors (Lipinski definition) is 0. The van der Waals surface area contributed by atoms with Gasteiger partial charge in [-0.3, -0.25) is 0 Å². The van der Waals surface area contributed by atoms with Gasteiger partial charge in [-0.2, -0.15) is 0 Å². The zero-order valence-electron chi connectivity index (χ0n) is 26.5. The summed E-state index contributed by atoms with van der Waals surface area (Å²) in [6, 6.07) is 32.4. The molecule has 0 heterocycles. The van der Waals surface area contributed by atoms with Crippen molar-refractivity contribution in [2.75, 3.05) is 0 Å². The first-order valence-electron chi connectivity index (χ1n) is 15.0. The second kappa shape index (κ2) is 17.6. The molecule has 0 fully saturated rings.